The van der Waals surface area contributed by atoms with Gasteiger partial charge in [0.15, 0.2) is 27.3 Å². The zero-order chi connectivity index (χ0) is 36.2. The zero-order valence-corrected chi connectivity index (χ0v) is 33.7. The Balaban J connectivity index is 1.40. The number of para-hydroxylation sites is 1. The van der Waals surface area contributed by atoms with Gasteiger partial charge in [-0.2, -0.15) is 4.99 Å². The van der Waals surface area contributed by atoms with Crippen molar-refractivity contribution in [2.24, 2.45) is 4.99 Å². The van der Waals surface area contributed by atoms with Crippen LogP contribution in [-0.4, -0.2) is 80.0 Å². The summed E-state index contributed by atoms with van der Waals surface area (Å²) in [5, 5.41) is 9.96. The zero-order valence-electron chi connectivity index (χ0n) is 31.1. The second-order valence-corrected chi connectivity index (χ2v) is 21.9. The van der Waals surface area contributed by atoms with Crippen LogP contribution in [0, 0.1) is 6.92 Å². The van der Waals surface area contributed by atoms with E-state index in [0.29, 0.717) is 61.5 Å². The van der Waals surface area contributed by atoms with Crippen LogP contribution < -0.4 is 9.70 Å². The largest absolute Gasteiger partial charge is 0.461 e. The van der Waals surface area contributed by atoms with E-state index in [2.05, 4.69) is 46.5 Å². The highest BCUT2D eigenvalue weighted by atomic mass is 32.1. The normalized spacial score (nSPS) is 14.4. The number of carbonyl (C=O) groups excluding carboxylic acids is 1. The monoisotopic (exact) mass is 754 g/mol. The minimum atomic E-state index is -1.21. The van der Waals surface area contributed by atoms with E-state index >= 15 is 0 Å². The molecule has 0 atom stereocenters. The fourth-order valence-corrected chi connectivity index (χ4v) is 8.84. The third-order valence-corrected chi connectivity index (χ3v) is 12.7. The Morgan fingerprint density at radius 3 is 2.61 bits per heavy atom. The molecule has 4 aromatic rings. The van der Waals surface area contributed by atoms with Gasteiger partial charge in [-0.25, -0.2) is 9.78 Å². The van der Waals surface area contributed by atoms with Crippen molar-refractivity contribution in [3.05, 3.63) is 51.3 Å². The molecule has 5 rings (SSSR count). The van der Waals surface area contributed by atoms with Crippen LogP contribution in [0.2, 0.25) is 25.7 Å². The first-order chi connectivity index (χ1) is 24.7. The van der Waals surface area contributed by atoms with Gasteiger partial charge in [-0.15, -0.1) is 21.5 Å². The number of methoxy groups -OCH3 is 1. The van der Waals surface area contributed by atoms with Crippen LogP contribution in [0.25, 0.3) is 10.2 Å². The molecular formula is C37H54N6O5S2Si. The van der Waals surface area contributed by atoms with Crippen molar-refractivity contribution in [1.82, 2.24) is 19.7 Å². The Labute approximate surface area is 311 Å². The minimum Gasteiger partial charge on any atom is -0.461 e. The van der Waals surface area contributed by atoms with Crippen LogP contribution >= 0.6 is 22.7 Å². The van der Waals surface area contributed by atoms with Crippen molar-refractivity contribution >= 4 is 63.7 Å². The number of aryl methyl sites for hydroxylation is 2. The Morgan fingerprint density at radius 2 is 1.86 bits per heavy atom. The number of benzene rings is 1. The second kappa shape index (κ2) is 19.2. The number of rotatable bonds is 19. The van der Waals surface area contributed by atoms with E-state index in [1.165, 1.54) is 30.6 Å². The predicted molar refractivity (Wildman–Crippen MR) is 209 cm³/mol. The second-order valence-electron chi connectivity index (χ2n) is 14.2. The van der Waals surface area contributed by atoms with Crippen LogP contribution in [-0.2, 0) is 32.1 Å². The maximum absolute atomic E-state index is 13.1. The molecule has 11 nitrogen and oxygen atoms in total. The van der Waals surface area contributed by atoms with Gasteiger partial charge in [-0.1, -0.05) is 62.4 Å². The SMILES string of the molecule is CCOC(=O)c1nc(N(CCCOC)c2cc(C)c(/N=c3\sc4ccccc4n3COCC[Si](C)(C)C)nn2)sc1CCCOC1CCCCC1. The summed E-state index contributed by atoms with van der Waals surface area (Å²) in [6.07, 6.45) is 8.64. The summed E-state index contributed by atoms with van der Waals surface area (Å²) in [5.74, 6) is 0.776. The van der Waals surface area contributed by atoms with Gasteiger partial charge in [0.05, 0.1) is 22.9 Å². The molecule has 0 saturated heterocycles. The molecule has 1 fully saturated rings. The predicted octanol–water partition coefficient (Wildman–Crippen LogP) is 8.44. The third-order valence-electron chi connectivity index (χ3n) is 8.80. The van der Waals surface area contributed by atoms with Crippen molar-refractivity contribution in [3.63, 3.8) is 0 Å². The van der Waals surface area contributed by atoms with E-state index in [0.717, 1.165) is 63.8 Å². The average molecular weight is 755 g/mol. The number of thiazole rings is 2. The molecule has 0 amide bonds. The van der Waals surface area contributed by atoms with Gasteiger partial charge >= 0.3 is 5.97 Å². The number of aromatic nitrogens is 4. The fraction of sp³-hybridized carbons (Fsp3) is 0.595. The number of hydrogen-bond acceptors (Lipinski definition) is 12. The average Bonchev–Trinajstić information content (AvgIpc) is 3.69. The number of esters is 1. The summed E-state index contributed by atoms with van der Waals surface area (Å²) in [6.45, 7) is 14.1. The molecule has 1 aliphatic carbocycles. The summed E-state index contributed by atoms with van der Waals surface area (Å²) >= 11 is 3.11. The molecular weight excluding hydrogens is 701 g/mol. The summed E-state index contributed by atoms with van der Waals surface area (Å²) < 4.78 is 26.4. The Kier molecular flexibility index (Phi) is 14.7. The lowest BCUT2D eigenvalue weighted by Gasteiger charge is -2.21. The lowest BCUT2D eigenvalue weighted by Crippen LogP contribution is -2.23. The third kappa shape index (κ3) is 11.2. The lowest BCUT2D eigenvalue weighted by atomic mass is 9.98. The molecule has 278 valence electrons. The highest BCUT2D eigenvalue weighted by molar-refractivity contribution is 7.16. The van der Waals surface area contributed by atoms with Crippen molar-refractivity contribution < 1.29 is 23.7 Å². The van der Waals surface area contributed by atoms with Crippen LogP contribution in [0.3, 0.4) is 0 Å². The maximum atomic E-state index is 13.1. The highest BCUT2D eigenvalue weighted by Crippen LogP contribution is 2.34. The Morgan fingerprint density at radius 1 is 1.06 bits per heavy atom. The molecule has 3 aromatic heterocycles. The van der Waals surface area contributed by atoms with Crippen molar-refractivity contribution in [1.29, 1.82) is 0 Å². The number of ether oxygens (including phenoxy) is 4. The van der Waals surface area contributed by atoms with E-state index in [1.807, 2.05) is 36.9 Å². The van der Waals surface area contributed by atoms with E-state index < -0.39 is 14.0 Å². The fourth-order valence-electron chi connectivity index (χ4n) is 5.94. The molecule has 0 aliphatic heterocycles. The number of carbonyl (C=O) groups is 1. The van der Waals surface area contributed by atoms with E-state index in [1.54, 1.807) is 18.4 Å². The topological polar surface area (TPSA) is 113 Å². The van der Waals surface area contributed by atoms with E-state index in [4.69, 9.17) is 28.9 Å². The summed E-state index contributed by atoms with van der Waals surface area (Å²) in [4.78, 5) is 26.6. The Hall–Kier alpha value is -3.01. The summed E-state index contributed by atoms with van der Waals surface area (Å²) in [5.41, 5.74) is 2.32. The standard InChI is InChI=1S/C37H54N6O5S2Si/c1-7-47-35(44)33-31(19-13-22-48-28-15-9-8-10-16-28)50-36(38-33)42(20-14-21-45-3)32-25-27(2)34(41-40-32)39-37-43(26-46-23-24-51(4,5)6)29-17-11-12-18-30(29)49-37/h11-12,17-18,25,28H,7-10,13-16,19-24,26H2,1-6H3/b39-37-. The molecule has 0 radical (unpaired) electrons. The van der Waals surface area contributed by atoms with E-state index in [-0.39, 0.29) is 6.61 Å². The maximum Gasteiger partial charge on any atom is 0.358 e. The van der Waals surface area contributed by atoms with Gasteiger partial charge in [0, 0.05) is 46.4 Å². The quantitative estimate of drug-likeness (QED) is 0.0529. The van der Waals surface area contributed by atoms with Crippen molar-refractivity contribution in [2.45, 2.75) is 104 Å². The van der Waals surface area contributed by atoms with Crippen molar-refractivity contribution in [2.75, 3.05) is 45.0 Å². The van der Waals surface area contributed by atoms with Gasteiger partial charge in [-0.05, 0) is 75.8 Å². The molecule has 0 unspecified atom stereocenters. The Bertz CT molecular complexity index is 1780. The van der Waals surface area contributed by atoms with Crippen LogP contribution in [0.4, 0.5) is 16.8 Å². The van der Waals surface area contributed by atoms with Crippen LogP contribution in [0.5, 0.6) is 0 Å². The van der Waals surface area contributed by atoms with Crippen LogP contribution in [0.1, 0.15) is 72.8 Å². The van der Waals surface area contributed by atoms with Gasteiger partial charge < -0.3 is 23.8 Å². The van der Waals surface area contributed by atoms with Crippen molar-refractivity contribution in [3.8, 4) is 0 Å². The number of anilines is 2. The molecule has 3 heterocycles. The molecule has 1 aliphatic rings. The van der Waals surface area contributed by atoms with Crippen LogP contribution in [0.15, 0.2) is 35.3 Å². The molecule has 0 bridgehead atoms. The van der Waals surface area contributed by atoms with Gasteiger partial charge in [0.1, 0.15) is 6.73 Å². The number of hydrogen-bond donors (Lipinski definition) is 0. The first-order valence-corrected chi connectivity index (χ1v) is 23.6. The molecule has 1 aromatic carbocycles. The highest BCUT2D eigenvalue weighted by Gasteiger charge is 2.25. The van der Waals surface area contributed by atoms with Gasteiger partial charge in [0.2, 0.25) is 0 Å². The minimum absolute atomic E-state index is 0.285. The number of nitrogens with zero attached hydrogens (tertiary/aromatic N) is 6. The molecule has 0 spiro atoms. The first kappa shape index (κ1) is 39.2. The summed E-state index contributed by atoms with van der Waals surface area (Å²) in [6, 6.07) is 11.4. The molecule has 0 N–H and O–H groups in total. The van der Waals surface area contributed by atoms with E-state index in [9.17, 15) is 4.79 Å². The molecule has 14 heteroatoms. The smallest absolute Gasteiger partial charge is 0.358 e. The first-order valence-electron chi connectivity index (χ1n) is 18.3. The molecule has 1 saturated carbocycles. The summed E-state index contributed by atoms with van der Waals surface area (Å²) in [7, 11) is 0.486. The lowest BCUT2D eigenvalue weighted by molar-refractivity contribution is 0.0272. The number of fused-ring (bicyclic) bond motifs is 1. The molecule has 51 heavy (non-hydrogen) atoms. The van der Waals surface area contributed by atoms with Gasteiger partial charge in [-0.3, -0.25) is 4.57 Å². The van der Waals surface area contributed by atoms with Gasteiger partial charge in [0.25, 0.3) is 0 Å².